The van der Waals surface area contributed by atoms with Crippen molar-refractivity contribution in [3.8, 4) is 0 Å². The number of rotatable bonds is 10. The summed E-state index contributed by atoms with van der Waals surface area (Å²) in [4.78, 5) is 11.2. The number of hydrogen-bond donors (Lipinski definition) is 0. The first-order valence-corrected chi connectivity index (χ1v) is 6.46. The van der Waals surface area contributed by atoms with E-state index in [2.05, 4.69) is 13.8 Å². The Hall–Kier alpha value is -0.530. The molecule has 0 aromatic carbocycles. The summed E-state index contributed by atoms with van der Waals surface area (Å²) in [5, 5.41) is 0. The van der Waals surface area contributed by atoms with E-state index in [1.807, 2.05) is 0 Å². The van der Waals surface area contributed by atoms with Gasteiger partial charge in [-0.2, -0.15) is 0 Å². The molecule has 0 aliphatic heterocycles. The van der Waals surface area contributed by atoms with E-state index in [4.69, 9.17) is 4.74 Å². The number of unbranched alkanes of at least 4 members (excludes halogenated alkanes) is 6. The normalized spacial score (nSPS) is 10.3. The van der Waals surface area contributed by atoms with E-state index in [0.29, 0.717) is 13.0 Å². The lowest BCUT2D eigenvalue weighted by Crippen LogP contribution is -2.05. The van der Waals surface area contributed by atoms with Crippen LogP contribution in [0.2, 0.25) is 0 Å². The highest BCUT2D eigenvalue weighted by Crippen LogP contribution is 2.04. The fourth-order valence-electron chi connectivity index (χ4n) is 1.48. The summed E-state index contributed by atoms with van der Waals surface area (Å²) in [7, 11) is 0. The van der Waals surface area contributed by atoms with Gasteiger partial charge in [-0.1, -0.05) is 52.4 Å². The number of carbonyl (C=O) groups excluding carboxylic acids is 1. The summed E-state index contributed by atoms with van der Waals surface area (Å²) in [6.45, 7) is 4.97. The summed E-state index contributed by atoms with van der Waals surface area (Å²) in [6, 6.07) is 0. The lowest BCUT2D eigenvalue weighted by Gasteiger charge is -2.04. The number of hydrogen-bond acceptors (Lipinski definition) is 2. The molecule has 0 spiro atoms. The van der Waals surface area contributed by atoms with Crippen LogP contribution in [0.3, 0.4) is 0 Å². The standard InChI is InChI=1S/C13H26O2/c1-3-5-7-9-11-13(14)15-12-10-8-6-4-2/h3-12H2,1-2H3. The SMILES string of the molecule is CCCCCCOC(=O)CCCCCC. The van der Waals surface area contributed by atoms with Crippen LogP contribution in [0.25, 0.3) is 0 Å². The second-order valence-electron chi connectivity index (χ2n) is 4.09. The molecular weight excluding hydrogens is 188 g/mol. The maximum atomic E-state index is 11.2. The maximum absolute atomic E-state index is 11.2. The first-order valence-electron chi connectivity index (χ1n) is 6.46. The number of ether oxygens (including phenoxy) is 1. The van der Waals surface area contributed by atoms with Gasteiger partial charge in [-0.05, 0) is 12.8 Å². The maximum Gasteiger partial charge on any atom is 0.305 e. The van der Waals surface area contributed by atoms with Crippen LogP contribution in [0.15, 0.2) is 0 Å². The van der Waals surface area contributed by atoms with Crippen molar-refractivity contribution in [1.82, 2.24) is 0 Å². The molecule has 0 N–H and O–H groups in total. The van der Waals surface area contributed by atoms with E-state index < -0.39 is 0 Å². The van der Waals surface area contributed by atoms with E-state index in [9.17, 15) is 4.79 Å². The molecule has 0 aromatic rings. The van der Waals surface area contributed by atoms with Gasteiger partial charge in [0, 0.05) is 6.42 Å². The molecule has 0 fully saturated rings. The van der Waals surface area contributed by atoms with Crippen molar-refractivity contribution in [3.05, 3.63) is 0 Å². The van der Waals surface area contributed by atoms with E-state index in [1.165, 1.54) is 32.1 Å². The molecule has 0 radical (unpaired) electrons. The Morgan fingerprint density at radius 3 is 2.07 bits per heavy atom. The van der Waals surface area contributed by atoms with Gasteiger partial charge >= 0.3 is 5.97 Å². The third-order valence-corrected chi connectivity index (χ3v) is 2.50. The lowest BCUT2D eigenvalue weighted by atomic mass is 10.1. The van der Waals surface area contributed by atoms with Gasteiger partial charge in [-0.25, -0.2) is 0 Å². The lowest BCUT2D eigenvalue weighted by molar-refractivity contribution is -0.143. The molecule has 0 aromatic heterocycles. The quantitative estimate of drug-likeness (QED) is 0.404. The van der Waals surface area contributed by atoms with Crippen molar-refractivity contribution in [1.29, 1.82) is 0 Å². The minimum absolute atomic E-state index is 0.0115. The second-order valence-corrected chi connectivity index (χ2v) is 4.09. The molecule has 2 nitrogen and oxygen atoms in total. The smallest absolute Gasteiger partial charge is 0.305 e. The number of carbonyl (C=O) groups is 1. The van der Waals surface area contributed by atoms with Crippen LogP contribution >= 0.6 is 0 Å². The molecule has 0 heterocycles. The van der Waals surface area contributed by atoms with E-state index >= 15 is 0 Å². The monoisotopic (exact) mass is 214 g/mol. The molecule has 0 aliphatic rings. The van der Waals surface area contributed by atoms with Crippen LogP contribution in [0.5, 0.6) is 0 Å². The molecular formula is C13H26O2. The Bertz CT molecular complexity index is 143. The third kappa shape index (κ3) is 11.4. The van der Waals surface area contributed by atoms with Gasteiger partial charge in [0.15, 0.2) is 0 Å². The molecule has 0 saturated carbocycles. The predicted octanol–water partition coefficient (Wildman–Crippen LogP) is 4.08. The zero-order chi connectivity index (χ0) is 11.4. The van der Waals surface area contributed by atoms with Crippen LogP contribution in [0.1, 0.15) is 71.6 Å². The van der Waals surface area contributed by atoms with Gasteiger partial charge in [0.05, 0.1) is 6.61 Å². The Kier molecular flexibility index (Phi) is 11.1. The molecule has 0 bridgehead atoms. The minimum atomic E-state index is -0.0115. The van der Waals surface area contributed by atoms with E-state index in [1.54, 1.807) is 0 Å². The predicted molar refractivity (Wildman–Crippen MR) is 63.9 cm³/mol. The summed E-state index contributed by atoms with van der Waals surface area (Å²) >= 11 is 0. The third-order valence-electron chi connectivity index (χ3n) is 2.50. The van der Waals surface area contributed by atoms with Gasteiger partial charge in [-0.3, -0.25) is 4.79 Å². The molecule has 0 saturated heterocycles. The van der Waals surface area contributed by atoms with Gasteiger partial charge < -0.3 is 4.74 Å². The first kappa shape index (κ1) is 14.5. The minimum Gasteiger partial charge on any atom is -0.466 e. The zero-order valence-corrected chi connectivity index (χ0v) is 10.4. The van der Waals surface area contributed by atoms with Gasteiger partial charge in [0.2, 0.25) is 0 Å². The van der Waals surface area contributed by atoms with Crippen LogP contribution in [0.4, 0.5) is 0 Å². The highest BCUT2D eigenvalue weighted by atomic mass is 16.5. The van der Waals surface area contributed by atoms with Crippen molar-refractivity contribution < 1.29 is 9.53 Å². The fraction of sp³-hybridized carbons (Fsp3) is 0.923. The van der Waals surface area contributed by atoms with Crippen molar-refractivity contribution in [2.24, 2.45) is 0 Å². The second kappa shape index (κ2) is 11.5. The average Bonchev–Trinajstić information content (AvgIpc) is 2.24. The van der Waals surface area contributed by atoms with Crippen LogP contribution in [-0.2, 0) is 9.53 Å². The molecule has 2 heteroatoms. The molecule has 0 aliphatic carbocycles. The topological polar surface area (TPSA) is 26.3 Å². The number of esters is 1. The van der Waals surface area contributed by atoms with Crippen molar-refractivity contribution in [2.75, 3.05) is 6.61 Å². The van der Waals surface area contributed by atoms with Crippen LogP contribution in [-0.4, -0.2) is 12.6 Å². The Morgan fingerprint density at radius 1 is 0.867 bits per heavy atom. The molecule has 0 amide bonds. The molecule has 90 valence electrons. The van der Waals surface area contributed by atoms with Crippen molar-refractivity contribution >= 4 is 5.97 Å². The molecule has 0 rings (SSSR count). The Morgan fingerprint density at radius 2 is 1.47 bits per heavy atom. The zero-order valence-electron chi connectivity index (χ0n) is 10.4. The Labute approximate surface area is 94.4 Å². The molecule has 0 unspecified atom stereocenters. The highest BCUT2D eigenvalue weighted by molar-refractivity contribution is 5.69. The summed E-state index contributed by atoms with van der Waals surface area (Å²) in [5.41, 5.74) is 0. The largest absolute Gasteiger partial charge is 0.466 e. The van der Waals surface area contributed by atoms with E-state index in [0.717, 1.165) is 19.3 Å². The summed E-state index contributed by atoms with van der Waals surface area (Å²) in [5.74, 6) is -0.0115. The van der Waals surface area contributed by atoms with E-state index in [-0.39, 0.29) is 5.97 Å². The molecule has 0 atom stereocenters. The fourth-order valence-corrected chi connectivity index (χ4v) is 1.48. The first-order chi connectivity index (χ1) is 7.31. The van der Waals surface area contributed by atoms with Crippen LogP contribution < -0.4 is 0 Å². The highest BCUT2D eigenvalue weighted by Gasteiger charge is 2.01. The van der Waals surface area contributed by atoms with Gasteiger partial charge in [0.25, 0.3) is 0 Å². The molecule has 15 heavy (non-hydrogen) atoms. The van der Waals surface area contributed by atoms with Gasteiger partial charge in [0.1, 0.15) is 0 Å². The Balaban J connectivity index is 3.11. The average molecular weight is 214 g/mol. The summed E-state index contributed by atoms with van der Waals surface area (Å²) < 4.78 is 5.13. The summed E-state index contributed by atoms with van der Waals surface area (Å²) in [6.07, 6.45) is 9.86. The van der Waals surface area contributed by atoms with Crippen molar-refractivity contribution in [3.63, 3.8) is 0 Å². The van der Waals surface area contributed by atoms with Crippen molar-refractivity contribution in [2.45, 2.75) is 71.6 Å². The van der Waals surface area contributed by atoms with Gasteiger partial charge in [-0.15, -0.1) is 0 Å². The van der Waals surface area contributed by atoms with Crippen LogP contribution in [0, 0.1) is 0 Å².